The van der Waals surface area contributed by atoms with Gasteiger partial charge in [0.05, 0.1) is 10.6 Å². The van der Waals surface area contributed by atoms with Crippen LogP contribution in [0.5, 0.6) is 0 Å². The van der Waals surface area contributed by atoms with Crippen molar-refractivity contribution in [2.45, 2.75) is 6.18 Å². The van der Waals surface area contributed by atoms with Crippen molar-refractivity contribution in [3.63, 3.8) is 0 Å². The van der Waals surface area contributed by atoms with Crippen LogP contribution in [0.3, 0.4) is 0 Å². The van der Waals surface area contributed by atoms with E-state index in [1.54, 1.807) is 0 Å². The number of nitrogens with one attached hydrogen (secondary N) is 1. The number of aromatic nitrogens is 1. The van der Waals surface area contributed by atoms with E-state index in [1.165, 1.54) is 6.20 Å². The van der Waals surface area contributed by atoms with E-state index in [0.717, 1.165) is 12.1 Å². The molecule has 2 rings (SSSR count). The number of rotatable bonds is 0. The number of alkyl halides is 3. The topological polar surface area (TPSA) is 15.8 Å². The van der Waals surface area contributed by atoms with Gasteiger partial charge in [-0.1, -0.05) is 27.5 Å². The minimum absolute atomic E-state index is 0.332. The maximum absolute atomic E-state index is 12.4. The molecule has 15 heavy (non-hydrogen) atoms. The number of hydrogen-bond acceptors (Lipinski definition) is 0. The van der Waals surface area contributed by atoms with Gasteiger partial charge in [-0.05, 0) is 12.1 Å². The van der Waals surface area contributed by atoms with Crippen LogP contribution in [0.25, 0.3) is 10.9 Å². The van der Waals surface area contributed by atoms with Gasteiger partial charge in [0.25, 0.3) is 0 Å². The van der Waals surface area contributed by atoms with Crippen molar-refractivity contribution in [2.75, 3.05) is 0 Å². The molecule has 0 spiro atoms. The summed E-state index contributed by atoms with van der Waals surface area (Å²) in [5.74, 6) is 0. The molecule has 1 aromatic heterocycles. The van der Waals surface area contributed by atoms with Crippen LogP contribution < -0.4 is 0 Å². The normalized spacial score (nSPS) is 12.3. The summed E-state index contributed by atoms with van der Waals surface area (Å²) in [5.41, 5.74) is -0.345. The summed E-state index contributed by atoms with van der Waals surface area (Å²) in [7, 11) is 0. The van der Waals surface area contributed by atoms with Gasteiger partial charge in [0, 0.05) is 21.6 Å². The van der Waals surface area contributed by atoms with Crippen molar-refractivity contribution in [2.24, 2.45) is 0 Å². The first-order valence-corrected chi connectivity index (χ1v) is 5.10. The first kappa shape index (κ1) is 10.8. The molecule has 80 valence electrons. The molecule has 0 aliphatic heterocycles. The van der Waals surface area contributed by atoms with E-state index >= 15 is 0 Å². The summed E-state index contributed by atoms with van der Waals surface area (Å²) in [4.78, 5) is 2.68. The lowest BCUT2D eigenvalue weighted by atomic mass is 10.1. The molecule has 1 heterocycles. The molecule has 1 aromatic carbocycles. The first-order valence-electron chi connectivity index (χ1n) is 3.93. The predicted octanol–water partition coefficient (Wildman–Crippen LogP) is 4.60. The Hall–Kier alpha value is -0.680. The van der Waals surface area contributed by atoms with Gasteiger partial charge in [-0.25, -0.2) is 0 Å². The van der Waals surface area contributed by atoms with E-state index in [2.05, 4.69) is 20.9 Å². The number of hydrogen-bond donors (Lipinski definition) is 1. The van der Waals surface area contributed by atoms with Crippen LogP contribution >= 0.6 is 27.5 Å². The van der Waals surface area contributed by atoms with Gasteiger partial charge in [0.2, 0.25) is 0 Å². The maximum atomic E-state index is 12.4. The second-order valence-electron chi connectivity index (χ2n) is 3.02. The van der Waals surface area contributed by atoms with E-state index in [1.807, 2.05) is 0 Å². The van der Waals surface area contributed by atoms with Crippen LogP contribution in [0, 0.1) is 0 Å². The fourth-order valence-corrected chi connectivity index (χ4v) is 2.39. The van der Waals surface area contributed by atoms with Crippen LogP contribution in [0.1, 0.15) is 5.56 Å². The summed E-state index contributed by atoms with van der Waals surface area (Å²) < 4.78 is 37.6. The predicted molar refractivity (Wildman–Crippen MR) is 56.0 cm³/mol. The summed E-state index contributed by atoms with van der Waals surface area (Å²) in [6, 6.07) is 2.05. The van der Waals surface area contributed by atoms with Crippen molar-refractivity contribution in [3.8, 4) is 0 Å². The van der Waals surface area contributed by atoms with Crippen LogP contribution in [-0.4, -0.2) is 4.98 Å². The lowest BCUT2D eigenvalue weighted by Gasteiger charge is -2.07. The summed E-state index contributed by atoms with van der Waals surface area (Å²) in [6.07, 6.45) is -2.90. The molecule has 0 atom stereocenters. The highest BCUT2D eigenvalue weighted by atomic mass is 79.9. The van der Waals surface area contributed by atoms with Gasteiger partial charge in [0.1, 0.15) is 0 Å². The number of aromatic amines is 1. The molecule has 0 amide bonds. The molecule has 0 bridgehead atoms. The van der Waals surface area contributed by atoms with E-state index in [0.29, 0.717) is 20.4 Å². The van der Waals surface area contributed by atoms with Gasteiger partial charge >= 0.3 is 6.18 Å². The molecule has 2 aromatic rings. The molecule has 1 nitrogen and oxygen atoms in total. The number of benzene rings is 1. The molecule has 0 aliphatic carbocycles. The maximum Gasteiger partial charge on any atom is 0.416 e. The fourth-order valence-electron chi connectivity index (χ4n) is 1.34. The fraction of sp³-hybridized carbons (Fsp3) is 0.111. The third kappa shape index (κ3) is 1.86. The van der Waals surface area contributed by atoms with Crippen molar-refractivity contribution in [3.05, 3.63) is 33.4 Å². The minimum atomic E-state index is -4.35. The third-order valence-electron chi connectivity index (χ3n) is 2.01. The summed E-state index contributed by atoms with van der Waals surface area (Å²) in [5, 5.41) is 0.954. The molecular weight excluding hydrogens is 294 g/mol. The van der Waals surface area contributed by atoms with Gasteiger partial charge in [-0.2, -0.15) is 13.2 Å². The Morgan fingerprint density at radius 1 is 1.27 bits per heavy atom. The standard InChI is InChI=1S/C9H4BrClF3N/c10-5-1-4(9(12,13)14)2-7-8(5)6(11)3-15-7/h1-3,15H. The second kappa shape index (κ2) is 3.42. The van der Waals surface area contributed by atoms with Crippen molar-refractivity contribution in [1.29, 1.82) is 0 Å². The highest BCUT2D eigenvalue weighted by Crippen LogP contribution is 2.37. The van der Waals surface area contributed by atoms with Crippen LogP contribution in [0.2, 0.25) is 5.02 Å². The lowest BCUT2D eigenvalue weighted by molar-refractivity contribution is -0.137. The zero-order valence-corrected chi connectivity index (χ0v) is 9.46. The highest BCUT2D eigenvalue weighted by molar-refractivity contribution is 9.10. The quantitative estimate of drug-likeness (QED) is 0.731. The second-order valence-corrected chi connectivity index (χ2v) is 4.28. The summed E-state index contributed by atoms with van der Waals surface area (Å²) in [6.45, 7) is 0. The molecule has 0 saturated carbocycles. The van der Waals surface area contributed by atoms with Gasteiger partial charge in [0.15, 0.2) is 0 Å². The van der Waals surface area contributed by atoms with Gasteiger partial charge in [-0.15, -0.1) is 0 Å². The van der Waals surface area contributed by atoms with Gasteiger partial charge < -0.3 is 4.98 Å². The van der Waals surface area contributed by atoms with Crippen molar-refractivity contribution < 1.29 is 13.2 Å². The molecule has 6 heteroatoms. The molecular formula is C9H4BrClF3N. The Bertz CT molecular complexity index is 518. The largest absolute Gasteiger partial charge is 0.416 e. The average Bonchev–Trinajstić information content (AvgIpc) is 2.46. The number of H-pyrrole nitrogens is 1. The number of fused-ring (bicyclic) bond motifs is 1. The molecule has 0 unspecified atom stereocenters. The lowest BCUT2D eigenvalue weighted by Crippen LogP contribution is -2.04. The zero-order valence-electron chi connectivity index (χ0n) is 7.12. The van der Waals surface area contributed by atoms with Gasteiger partial charge in [-0.3, -0.25) is 0 Å². The van der Waals surface area contributed by atoms with E-state index in [4.69, 9.17) is 11.6 Å². The molecule has 0 aliphatic rings. The highest BCUT2D eigenvalue weighted by Gasteiger charge is 2.31. The number of halogens is 5. The molecule has 0 radical (unpaired) electrons. The SMILES string of the molecule is FC(F)(F)c1cc(Br)c2c(Cl)c[nH]c2c1. The Labute approximate surface area is 96.4 Å². The Kier molecular flexibility index (Phi) is 2.47. The van der Waals surface area contributed by atoms with E-state index < -0.39 is 11.7 Å². The van der Waals surface area contributed by atoms with E-state index in [9.17, 15) is 13.2 Å². The molecule has 1 N–H and O–H groups in total. The minimum Gasteiger partial charge on any atom is -0.360 e. The Morgan fingerprint density at radius 2 is 1.93 bits per heavy atom. The van der Waals surface area contributed by atoms with Crippen LogP contribution in [-0.2, 0) is 6.18 Å². The smallest absolute Gasteiger partial charge is 0.360 e. The molecule has 0 fully saturated rings. The Morgan fingerprint density at radius 3 is 2.53 bits per heavy atom. The Balaban J connectivity index is 2.74. The summed E-state index contributed by atoms with van der Waals surface area (Å²) >= 11 is 8.87. The zero-order chi connectivity index (χ0) is 11.2. The first-order chi connectivity index (χ1) is 6.89. The monoisotopic (exact) mass is 297 g/mol. The van der Waals surface area contributed by atoms with Crippen LogP contribution in [0.15, 0.2) is 22.8 Å². The van der Waals surface area contributed by atoms with Crippen LogP contribution in [0.4, 0.5) is 13.2 Å². The van der Waals surface area contributed by atoms with E-state index in [-0.39, 0.29) is 0 Å². The average molecular weight is 298 g/mol. The van der Waals surface area contributed by atoms with Crippen molar-refractivity contribution in [1.82, 2.24) is 4.98 Å². The third-order valence-corrected chi connectivity index (χ3v) is 2.93. The van der Waals surface area contributed by atoms with Crippen molar-refractivity contribution >= 4 is 38.4 Å². The molecule has 0 saturated heterocycles.